The van der Waals surface area contributed by atoms with Crippen molar-refractivity contribution in [3.8, 4) is 0 Å². The van der Waals surface area contributed by atoms with E-state index in [0.29, 0.717) is 22.3 Å². The third-order valence-corrected chi connectivity index (χ3v) is 5.39. The van der Waals surface area contributed by atoms with Crippen molar-refractivity contribution < 1.29 is 9.18 Å². The molecule has 28 heavy (non-hydrogen) atoms. The van der Waals surface area contributed by atoms with Gasteiger partial charge in [0.15, 0.2) is 5.78 Å². The van der Waals surface area contributed by atoms with Gasteiger partial charge in [0.05, 0.1) is 0 Å². The average molecular weight is 402 g/mol. The molecule has 2 aromatic carbocycles. The van der Waals surface area contributed by atoms with Gasteiger partial charge in [-0.3, -0.25) is 9.69 Å². The highest BCUT2D eigenvalue weighted by Gasteiger charge is 2.27. The fraction of sp³-hybridized carbons (Fsp3) is 0.318. The summed E-state index contributed by atoms with van der Waals surface area (Å²) in [5.41, 5.74) is 7.83. The molecule has 1 aliphatic rings. The average Bonchev–Trinajstić information content (AvgIpc) is 2.65. The highest BCUT2D eigenvalue weighted by atomic mass is 35.5. The number of hydrogen-bond donors (Lipinski definition) is 1. The van der Waals surface area contributed by atoms with Crippen LogP contribution in [0.25, 0.3) is 0 Å². The number of carbonyl (C=O) groups excluding carboxylic acids is 1. The van der Waals surface area contributed by atoms with Gasteiger partial charge in [-0.1, -0.05) is 23.7 Å². The lowest BCUT2D eigenvalue weighted by Gasteiger charge is -2.44. The second kappa shape index (κ2) is 8.76. The molecule has 1 saturated heterocycles. The smallest absolute Gasteiger partial charge is 0.189 e. The molecular weight excluding hydrogens is 377 g/mol. The minimum atomic E-state index is -0.217. The van der Waals surface area contributed by atoms with Gasteiger partial charge in [0, 0.05) is 60.3 Å². The lowest BCUT2D eigenvalue weighted by molar-refractivity contribution is 0.0668. The number of ketones is 1. The maximum Gasteiger partial charge on any atom is 0.189 e. The number of halogens is 2. The molecule has 0 saturated carbocycles. The molecule has 2 atom stereocenters. The lowest BCUT2D eigenvalue weighted by atomic mass is 10.1. The number of anilines is 1. The molecule has 3 rings (SSSR count). The standard InChI is InChI=1S/C22H25ClFN3O/c1-15-13-27(14-17-3-6-19(24)7-4-17)16(2)12-26(15)10-9-22(28)20-8-5-18(23)11-21(20)25/h3-11,15-16H,12-14,25H2,1-2H3/b10-9+/t15-,16+/m0/s1. The molecule has 4 nitrogen and oxygen atoms in total. The molecule has 1 fully saturated rings. The predicted octanol–water partition coefficient (Wildman–Crippen LogP) is 4.35. The molecule has 0 amide bonds. The Labute approximate surface area is 170 Å². The number of nitrogen functional groups attached to an aromatic ring is 1. The topological polar surface area (TPSA) is 49.6 Å². The van der Waals surface area contributed by atoms with Crippen LogP contribution in [0.15, 0.2) is 54.7 Å². The summed E-state index contributed by atoms with van der Waals surface area (Å²) in [6.45, 7) is 6.75. The van der Waals surface area contributed by atoms with E-state index in [1.54, 1.807) is 24.3 Å². The Morgan fingerprint density at radius 1 is 1.18 bits per heavy atom. The SMILES string of the molecule is C[C@@H]1CN(/C=C/C(=O)c2ccc(Cl)cc2N)[C@@H](C)CN1Cc1ccc(F)cc1. The monoisotopic (exact) mass is 401 g/mol. The third-order valence-electron chi connectivity index (χ3n) is 5.16. The molecule has 1 aliphatic heterocycles. The zero-order chi connectivity index (χ0) is 20.3. The maximum absolute atomic E-state index is 13.1. The summed E-state index contributed by atoms with van der Waals surface area (Å²) in [7, 11) is 0. The van der Waals surface area contributed by atoms with Crippen molar-refractivity contribution in [2.45, 2.75) is 32.5 Å². The van der Waals surface area contributed by atoms with E-state index in [2.05, 4.69) is 23.6 Å². The molecular formula is C22H25ClFN3O. The van der Waals surface area contributed by atoms with Crippen LogP contribution in [0.2, 0.25) is 5.02 Å². The van der Waals surface area contributed by atoms with Crippen LogP contribution < -0.4 is 5.73 Å². The minimum Gasteiger partial charge on any atom is -0.398 e. The van der Waals surface area contributed by atoms with Crippen molar-refractivity contribution in [1.29, 1.82) is 0 Å². The first-order valence-corrected chi connectivity index (χ1v) is 9.73. The summed E-state index contributed by atoms with van der Waals surface area (Å²) in [6.07, 6.45) is 3.42. The van der Waals surface area contributed by atoms with E-state index in [1.165, 1.54) is 12.1 Å². The summed E-state index contributed by atoms with van der Waals surface area (Å²) in [5, 5.41) is 0.512. The van der Waals surface area contributed by atoms with Crippen LogP contribution in [-0.2, 0) is 6.54 Å². The molecule has 0 aliphatic carbocycles. The third kappa shape index (κ3) is 4.91. The first-order chi connectivity index (χ1) is 13.3. The van der Waals surface area contributed by atoms with E-state index in [1.807, 2.05) is 18.3 Å². The Kier molecular flexibility index (Phi) is 6.37. The van der Waals surface area contributed by atoms with Gasteiger partial charge in [-0.05, 0) is 49.7 Å². The highest BCUT2D eigenvalue weighted by Crippen LogP contribution is 2.21. The number of nitrogens with two attached hydrogens (primary N) is 1. The molecule has 0 spiro atoms. The van der Waals surface area contributed by atoms with Crippen LogP contribution in [0.1, 0.15) is 29.8 Å². The number of hydrogen-bond acceptors (Lipinski definition) is 4. The molecule has 0 radical (unpaired) electrons. The Hall–Kier alpha value is -2.37. The summed E-state index contributed by atoms with van der Waals surface area (Å²) in [6, 6.07) is 12.1. The summed E-state index contributed by atoms with van der Waals surface area (Å²) in [5.74, 6) is -0.353. The predicted molar refractivity (Wildman–Crippen MR) is 112 cm³/mol. The maximum atomic E-state index is 13.1. The van der Waals surface area contributed by atoms with Gasteiger partial charge >= 0.3 is 0 Å². The number of rotatable bonds is 5. The Morgan fingerprint density at radius 2 is 1.89 bits per heavy atom. The van der Waals surface area contributed by atoms with Gasteiger partial charge in [0.25, 0.3) is 0 Å². The van der Waals surface area contributed by atoms with Crippen LogP contribution in [0, 0.1) is 5.82 Å². The molecule has 2 N–H and O–H groups in total. The second-order valence-corrected chi connectivity index (χ2v) is 7.80. The Balaban J connectivity index is 1.62. The van der Waals surface area contributed by atoms with Gasteiger partial charge in [0.2, 0.25) is 0 Å². The second-order valence-electron chi connectivity index (χ2n) is 7.36. The summed E-state index contributed by atoms with van der Waals surface area (Å²) in [4.78, 5) is 17.0. The molecule has 0 bridgehead atoms. The number of nitrogens with zero attached hydrogens (tertiary/aromatic N) is 2. The normalized spacial score (nSPS) is 20.6. The Morgan fingerprint density at radius 3 is 2.57 bits per heavy atom. The van der Waals surface area contributed by atoms with Crippen LogP contribution in [0.3, 0.4) is 0 Å². The van der Waals surface area contributed by atoms with Gasteiger partial charge in [0.1, 0.15) is 5.82 Å². The zero-order valence-electron chi connectivity index (χ0n) is 16.1. The van der Waals surface area contributed by atoms with E-state index in [9.17, 15) is 9.18 Å². The fourth-order valence-electron chi connectivity index (χ4n) is 3.49. The molecule has 148 valence electrons. The quantitative estimate of drug-likeness (QED) is 0.459. The van der Waals surface area contributed by atoms with Crippen molar-refractivity contribution in [3.63, 3.8) is 0 Å². The molecule has 6 heteroatoms. The van der Waals surface area contributed by atoms with Gasteiger partial charge < -0.3 is 10.6 Å². The van der Waals surface area contributed by atoms with E-state index >= 15 is 0 Å². The van der Waals surface area contributed by atoms with Crippen molar-refractivity contribution in [3.05, 3.63) is 76.7 Å². The van der Waals surface area contributed by atoms with Crippen LogP contribution in [-0.4, -0.2) is 40.8 Å². The Bertz CT molecular complexity index is 869. The number of benzene rings is 2. The summed E-state index contributed by atoms with van der Waals surface area (Å²) < 4.78 is 13.1. The number of carbonyl (C=O) groups is 1. The van der Waals surface area contributed by atoms with Crippen molar-refractivity contribution in [1.82, 2.24) is 9.80 Å². The summed E-state index contributed by atoms with van der Waals surface area (Å²) >= 11 is 5.89. The number of piperazine rings is 1. The van der Waals surface area contributed by atoms with E-state index in [0.717, 1.165) is 25.2 Å². The van der Waals surface area contributed by atoms with Crippen molar-refractivity contribution in [2.24, 2.45) is 0 Å². The van der Waals surface area contributed by atoms with Crippen LogP contribution in [0.4, 0.5) is 10.1 Å². The minimum absolute atomic E-state index is 0.136. The first-order valence-electron chi connectivity index (χ1n) is 9.35. The number of allylic oxidation sites excluding steroid dienone is 1. The first kappa shape index (κ1) is 20.4. The lowest BCUT2D eigenvalue weighted by Crippen LogP contribution is -2.54. The van der Waals surface area contributed by atoms with Crippen LogP contribution in [0.5, 0.6) is 0 Å². The van der Waals surface area contributed by atoms with E-state index < -0.39 is 0 Å². The van der Waals surface area contributed by atoms with Crippen LogP contribution >= 0.6 is 11.6 Å². The van der Waals surface area contributed by atoms with Crippen molar-refractivity contribution >= 4 is 23.1 Å². The largest absolute Gasteiger partial charge is 0.398 e. The van der Waals surface area contributed by atoms with Gasteiger partial charge in [-0.25, -0.2) is 4.39 Å². The molecule has 0 aromatic heterocycles. The van der Waals surface area contributed by atoms with Crippen molar-refractivity contribution in [2.75, 3.05) is 18.8 Å². The van der Waals surface area contributed by atoms with Gasteiger partial charge in [-0.15, -0.1) is 0 Å². The van der Waals surface area contributed by atoms with E-state index in [-0.39, 0.29) is 17.6 Å². The molecule has 0 unspecified atom stereocenters. The molecule has 2 aromatic rings. The van der Waals surface area contributed by atoms with Gasteiger partial charge in [-0.2, -0.15) is 0 Å². The van der Waals surface area contributed by atoms with E-state index in [4.69, 9.17) is 17.3 Å². The zero-order valence-corrected chi connectivity index (χ0v) is 16.9. The fourth-order valence-corrected chi connectivity index (χ4v) is 3.67. The highest BCUT2D eigenvalue weighted by molar-refractivity contribution is 6.31. The molecule has 1 heterocycles.